The van der Waals surface area contributed by atoms with Gasteiger partial charge in [-0.3, -0.25) is 20.4 Å². The van der Waals surface area contributed by atoms with E-state index in [-0.39, 0.29) is 18.2 Å². The summed E-state index contributed by atoms with van der Waals surface area (Å²) in [5.74, 6) is -0.621. The van der Waals surface area contributed by atoms with E-state index in [2.05, 4.69) is 15.8 Å². The van der Waals surface area contributed by atoms with Crippen LogP contribution in [0.5, 0.6) is 0 Å². The largest absolute Gasteiger partial charge is 0.273 e. The Balaban J connectivity index is 1.53. The zero-order chi connectivity index (χ0) is 17.6. The first-order valence-corrected chi connectivity index (χ1v) is 8.65. The van der Waals surface area contributed by atoms with Gasteiger partial charge in [-0.15, -0.1) is 11.3 Å². The maximum absolute atomic E-state index is 12.0. The van der Waals surface area contributed by atoms with Gasteiger partial charge in [0.25, 0.3) is 5.91 Å². The van der Waals surface area contributed by atoms with Crippen molar-refractivity contribution in [3.05, 3.63) is 76.1 Å². The van der Waals surface area contributed by atoms with Crippen molar-refractivity contribution in [1.29, 1.82) is 0 Å². The van der Waals surface area contributed by atoms with Gasteiger partial charge in [0.1, 0.15) is 0 Å². The Kier molecular flexibility index (Phi) is 5.20. The molecular formula is C19H17N3O2S. The van der Waals surface area contributed by atoms with E-state index in [0.29, 0.717) is 5.56 Å². The maximum atomic E-state index is 12.0. The van der Waals surface area contributed by atoms with Gasteiger partial charge in [-0.2, -0.15) is 0 Å². The lowest BCUT2D eigenvalue weighted by Crippen LogP contribution is -2.42. The number of nitrogens with one attached hydrogen (secondary N) is 2. The Labute approximate surface area is 149 Å². The van der Waals surface area contributed by atoms with Crippen molar-refractivity contribution in [2.75, 3.05) is 0 Å². The number of aryl methyl sites for hydroxylation is 1. The van der Waals surface area contributed by atoms with Crippen molar-refractivity contribution in [2.45, 2.75) is 13.3 Å². The highest BCUT2D eigenvalue weighted by atomic mass is 32.1. The molecular weight excluding hydrogens is 334 g/mol. The van der Waals surface area contributed by atoms with Crippen LogP contribution >= 0.6 is 11.3 Å². The van der Waals surface area contributed by atoms with Crippen molar-refractivity contribution in [3.8, 4) is 11.3 Å². The zero-order valence-electron chi connectivity index (χ0n) is 13.7. The lowest BCUT2D eigenvalue weighted by molar-refractivity contribution is -0.121. The molecule has 6 heteroatoms. The summed E-state index contributed by atoms with van der Waals surface area (Å²) in [5, 5.41) is 3.03. The number of thiazole rings is 1. The number of rotatable bonds is 4. The third-order valence-electron chi connectivity index (χ3n) is 3.58. The lowest BCUT2D eigenvalue weighted by Gasteiger charge is -2.07. The molecule has 0 saturated heterocycles. The van der Waals surface area contributed by atoms with Crippen molar-refractivity contribution in [1.82, 2.24) is 15.8 Å². The molecule has 3 rings (SSSR count). The highest BCUT2D eigenvalue weighted by Crippen LogP contribution is 2.21. The van der Waals surface area contributed by atoms with Crippen molar-refractivity contribution in [2.24, 2.45) is 0 Å². The summed E-state index contributed by atoms with van der Waals surface area (Å²) in [6, 6.07) is 16.4. The summed E-state index contributed by atoms with van der Waals surface area (Å²) in [6.45, 7) is 1.97. The average Bonchev–Trinajstić information content (AvgIpc) is 3.07. The zero-order valence-corrected chi connectivity index (χ0v) is 14.5. The molecule has 0 atom stereocenters. The summed E-state index contributed by atoms with van der Waals surface area (Å²) in [5.41, 5.74) is 8.15. The molecule has 0 spiro atoms. The molecule has 1 aromatic heterocycles. The number of carbonyl (C=O) groups excluding carboxylic acids is 2. The molecule has 5 nitrogen and oxygen atoms in total. The second-order valence-electron chi connectivity index (χ2n) is 5.49. The summed E-state index contributed by atoms with van der Waals surface area (Å²) < 4.78 is 0. The Morgan fingerprint density at radius 2 is 1.72 bits per heavy atom. The van der Waals surface area contributed by atoms with Crippen LogP contribution in [0, 0.1) is 6.92 Å². The number of hydrogen-bond donors (Lipinski definition) is 2. The summed E-state index contributed by atoms with van der Waals surface area (Å²) >= 11 is 1.61. The van der Waals surface area contributed by atoms with E-state index in [1.54, 1.807) is 35.6 Å². The molecule has 0 bridgehead atoms. The van der Waals surface area contributed by atoms with Gasteiger partial charge in [-0.25, -0.2) is 4.98 Å². The molecule has 0 aliphatic heterocycles. The molecule has 1 heterocycles. The first-order chi connectivity index (χ1) is 12.1. The summed E-state index contributed by atoms with van der Waals surface area (Å²) in [6.07, 6.45) is 0.186. The number of hydrazine groups is 1. The van der Waals surface area contributed by atoms with Crippen LogP contribution in [-0.4, -0.2) is 16.8 Å². The minimum atomic E-state index is -0.344. The molecule has 0 aliphatic carbocycles. The van der Waals surface area contributed by atoms with Crippen molar-refractivity contribution >= 4 is 23.2 Å². The highest BCUT2D eigenvalue weighted by Gasteiger charge is 2.08. The smallest absolute Gasteiger partial charge is 0.269 e. The van der Waals surface area contributed by atoms with Gasteiger partial charge >= 0.3 is 0 Å². The van der Waals surface area contributed by atoms with Crippen LogP contribution in [0.2, 0.25) is 0 Å². The van der Waals surface area contributed by atoms with Gasteiger partial charge in [-0.1, -0.05) is 42.5 Å². The fraction of sp³-hybridized carbons (Fsp3) is 0.105. The predicted octanol–water partition coefficient (Wildman–Crippen LogP) is 3.12. The van der Waals surface area contributed by atoms with Crippen LogP contribution in [0.1, 0.15) is 20.9 Å². The minimum Gasteiger partial charge on any atom is -0.273 e. The quantitative estimate of drug-likeness (QED) is 0.710. The normalized spacial score (nSPS) is 10.3. The number of hydrogen-bond acceptors (Lipinski definition) is 4. The maximum Gasteiger partial charge on any atom is 0.269 e. The molecule has 126 valence electrons. The van der Waals surface area contributed by atoms with Gasteiger partial charge in [0, 0.05) is 16.5 Å². The second kappa shape index (κ2) is 7.72. The monoisotopic (exact) mass is 351 g/mol. The van der Waals surface area contributed by atoms with E-state index in [4.69, 9.17) is 0 Å². The predicted molar refractivity (Wildman–Crippen MR) is 98.0 cm³/mol. The van der Waals surface area contributed by atoms with Gasteiger partial charge in [-0.05, 0) is 24.6 Å². The molecule has 0 radical (unpaired) electrons. The molecule has 25 heavy (non-hydrogen) atoms. The molecule has 0 fully saturated rings. The van der Waals surface area contributed by atoms with Gasteiger partial charge in [0.05, 0.1) is 17.1 Å². The molecule has 3 aromatic rings. The number of carbonyl (C=O) groups is 2. The van der Waals surface area contributed by atoms with E-state index in [1.807, 2.05) is 42.6 Å². The SMILES string of the molecule is Cc1nc(-c2ccc(CC(=O)NNC(=O)c3ccccc3)cc2)cs1. The third-order valence-corrected chi connectivity index (χ3v) is 4.36. The van der Waals surface area contributed by atoms with E-state index in [1.165, 1.54) is 0 Å². The first kappa shape index (κ1) is 16.9. The van der Waals surface area contributed by atoms with Crippen molar-refractivity contribution in [3.63, 3.8) is 0 Å². The van der Waals surface area contributed by atoms with E-state index >= 15 is 0 Å². The topological polar surface area (TPSA) is 71.1 Å². The van der Waals surface area contributed by atoms with Crippen LogP contribution in [0.4, 0.5) is 0 Å². The second-order valence-corrected chi connectivity index (χ2v) is 6.56. The molecule has 0 saturated carbocycles. The average molecular weight is 351 g/mol. The highest BCUT2D eigenvalue weighted by molar-refractivity contribution is 7.09. The number of benzene rings is 2. The Hall–Kier alpha value is -2.99. The van der Waals surface area contributed by atoms with Crippen LogP contribution in [0.3, 0.4) is 0 Å². The number of aromatic nitrogens is 1. The Morgan fingerprint density at radius 1 is 1.00 bits per heavy atom. The van der Waals surface area contributed by atoms with E-state index in [9.17, 15) is 9.59 Å². The van der Waals surface area contributed by atoms with E-state index < -0.39 is 0 Å². The third kappa shape index (κ3) is 4.51. The van der Waals surface area contributed by atoms with Crippen LogP contribution in [-0.2, 0) is 11.2 Å². The molecule has 2 aromatic carbocycles. The first-order valence-electron chi connectivity index (χ1n) is 7.77. The standard InChI is InChI=1S/C19H17N3O2S/c1-13-20-17(12-25-13)15-9-7-14(8-10-15)11-18(23)21-22-19(24)16-5-3-2-4-6-16/h2-10,12H,11H2,1H3,(H,21,23)(H,22,24). The fourth-order valence-corrected chi connectivity index (χ4v) is 2.93. The van der Waals surface area contributed by atoms with Gasteiger partial charge in [0.2, 0.25) is 5.91 Å². The molecule has 2 amide bonds. The Morgan fingerprint density at radius 3 is 2.36 bits per heavy atom. The molecule has 0 unspecified atom stereocenters. The van der Waals surface area contributed by atoms with Gasteiger partial charge in [0.15, 0.2) is 0 Å². The minimum absolute atomic E-state index is 0.186. The fourth-order valence-electron chi connectivity index (χ4n) is 2.31. The van der Waals surface area contributed by atoms with Crippen LogP contribution in [0.25, 0.3) is 11.3 Å². The molecule has 0 aliphatic rings. The lowest BCUT2D eigenvalue weighted by atomic mass is 10.1. The number of amides is 2. The summed E-state index contributed by atoms with van der Waals surface area (Å²) in [7, 11) is 0. The van der Waals surface area contributed by atoms with Gasteiger partial charge < -0.3 is 0 Å². The summed E-state index contributed by atoms with van der Waals surface area (Å²) in [4.78, 5) is 28.3. The van der Waals surface area contributed by atoms with Crippen LogP contribution < -0.4 is 10.9 Å². The molecule has 2 N–H and O–H groups in total. The van der Waals surface area contributed by atoms with E-state index in [0.717, 1.165) is 21.8 Å². The van der Waals surface area contributed by atoms with Crippen LogP contribution in [0.15, 0.2) is 60.0 Å². The number of nitrogens with zero attached hydrogens (tertiary/aromatic N) is 1. The Bertz CT molecular complexity index is 873. The van der Waals surface area contributed by atoms with Crippen molar-refractivity contribution < 1.29 is 9.59 Å².